The maximum absolute atomic E-state index is 13.2. The smallest absolute Gasteiger partial charge is 0.266 e. The summed E-state index contributed by atoms with van der Waals surface area (Å²) in [6, 6.07) is 13.1. The van der Waals surface area contributed by atoms with Crippen molar-refractivity contribution in [1.29, 1.82) is 0 Å². The number of piperazine rings is 1. The largest absolute Gasteiger partial charge is 0.334 e. The molecular formula is C20H22N5O2S+. The molecule has 0 saturated carbocycles. The molecule has 1 aliphatic heterocycles. The van der Waals surface area contributed by atoms with Crippen LogP contribution in [0.2, 0.25) is 0 Å². The van der Waals surface area contributed by atoms with E-state index < -0.39 is 0 Å². The maximum Gasteiger partial charge on any atom is 0.266 e. The number of quaternary nitrogens is 1. The zero-order valence-corrected chi connectivity index (χ0v) is 16.4. The van der Waals surface area contributed by atoms with Gasteiger partial charge >= 0.3 is 0 Å². The van der Waals surface area contributed by atoms with E-state index in [2.05, 4.69) is 17.5 Å². The fourth-order valence-electron chi connectivity index (χ4n) is 3.23. The van der Waals surface area contributed by atoms with E-state index >= 15 is 0 Å². The Balaban J connectivity index is 1.69. The van der Waals surface area contributed by atoms with Crippen LogP contribution < -0.4 is 10.2 Å². The average Bonchev–Trinajstić information content (AvgIpc) is 3.39. The molecule has 1 aromatic carbocycles. The van der Waals surface area contributed by atoms with Crippen LogP contribution in [0.25, 0.3) is 5.69 Å². The number of rotatable bonds is 4. The van der Waals surface area contributed by atoms with Gasteiger partial charge < -0.3 is 15.1 Å². The van der Waals surface area contributed by atoms with Crippen molar-refractivity contribution in [1.82, 2.24) is 14.7 Å². The molecule has 28 heavy (non-hydrogen) atoms. The van der Waals surface area contributed by atoms with Crippen molar-refractivity contribution in [2.24, 2.45) is 0 Å². The molecule has 0 unspecified atom stereocenters. The van der Waals surface area contributed by atoms with Gasteiger partial charge in [0.05, 0.1) is 50.0 Å². The summed E-state index contributed by atoms with van der Waals surface area (Å²) in [5.41, 5.74) is 1.19. The van der Waals surface area contributed by atoms with Crippen molar-refractivity contribution in [2.45, 2.75) is 0 Å². The third-order valence-electron chi connectivity index (χ3n) is 4.88. The van der Waals surface area contributed by atoms with Gasteiger partial charge in [-0.15, -0.1) is 11.3 Å². The van der Waals surface area contributed by atoms with E-state index in [1.807, 2.05) is 46.7 Å². The lowest BCUT2D eigenvalue weighted by atomic mass is 10.2. The van der Waals surface area contributed by atoms with Crippen molar-refractivity contribution in [2.75, 3.05) is 38.5 Å². The van der Waals surface area contributed by atoms with Crippen molar-refractivity contribution in [3.63, 3.8) is 0 Å². The first kappa shape index (κ1) is 18.4. The molecular weight excluding hydrogens is 374 g/mol. The molecule has 0 bridgehead atoms. The SMILES string of the molecule is C[NH+]1CCN(C(=O)c2cnn(-c3ccccc3)c2NC(=O)c2cccs2)CC1. The monoisotopic (exact) mass is 396 g/mol. The lowest BCUT2D eigenvalue weighted by Crippen LogP contribution is -3.12. The lowest BCUT2D eigenvalue weighted by Gasteiger charge is -2.30. The Labute approximate surface area is 167 Å². The van der Waals surface area contributed by atoms with Gasteiger partial charge in [0.15, 0.2) is 0 Å². The van der Waals surface area contributed by atoms with Crippen LogP contribution in [-0.2, 0) is 0 Å². The van der Waals surface area contributed by atoms with E-state index in [9.17, 15) is 9.59 Å². The van der Waals surface area contributed by atoms with Gasteiger partial charge in [-0.05, 0) is 23.6 Å². The van der Waals surface area contributed by atoms with Crippen LogP contribution in [0.4, 0.5) is 5.82 Å². The quantitative estimate of drug-likeness (QED) is 0.695. The highest BCUT2D eigenvalue weighted by Crippen LogP contribution is 2.23. The summed E-state index contributed by atoms with van der Waals surface area (Å²) in [7, 11) is 2.13. The van der Waals surface area contributed by atoms with Gasteiger partial charge in [-0.1, -0.05) is 24.3 Å². The average molecular weight is 396 g/mol. The third-order valence-corrected chi connectivity index (χ3v) is 5.75. The van der Waals surface area contributed by atoms with Crippen LogP contribution in [0.15, 0.2) is 54.0 Å². The highest BCUT2D eigenvalue weighted by Gasteiger charge is 2.28. The topological polar surface area (TPSA) is 71.7 Å². The second-order valence-electron chi connectivity index (χ2n) is 6.83. The van der Waals surface area contributed by atoms with Gasteiger partial charge in [0.2, 0.25) is 0 Å². The molecule has 1 aliphatic rings. The molecule has 2 aromatic heterocycles. The number of hydrogen-bond acceptors (Lipinski definition) is 4. The third kappa shape index (κ3) is 3.69. The molecule has 1 fully saturated rings. The number of aromatic nitrogens is 2. The Bertz CT molecular complexity index is 960. The predicted molar refractivity (Wildman–Crippen MR) is 108 cm³/mol. The Hall–Kier alpha value is -2.97. The van der Waals surface area contributed by atoms with Crippen LogP contribution in [0.5, 0.6) is 0 Å². The van der Waals surface area contributed by atoms with E-state index in [1.165, 1.54) is 16.2 Å². The zero-order valence-electron chi connectivity index (χ0n) is 15.6. The normalized spacial score (nSPS) is 14.8. The Kier molecular flexibility index (Phi) is 5.23. The molecule has 8 heteroatoms. The molecule has 0 aliphatic carbocycles. The molecule has 0 atom stereocenters. The highest BCUT2D eigenvalue weighted by atomic mass is 32.1. The number of carbonyl (C=O) groups excluding carboxylic acids is 2. The molecule has 1 saturated heterocycles. The molecule has 0 spiro atoms. The fraction of sp³-hybridized carbons (Fsp3) is 0.250. The standard InChI is InChI=1S/C20H21N5O2S/c1-23-9-11-24(12-10-23)20(27)16-14-21-25(15-6-3-2-4-7-15)18(16)22-19(26)17-8-5-13-28-17/h2-8,13-14H,9-12H2,1H3,(H,22,26)/p+1. The minimum absolute atomic E-state index is 0.101. The Morgan fingerprint density at radius 1 is 1.11 bits per heavy atom. The number of likely N-dealkylation sites (N-methyl/N-ethyl adjacent to an activating group) is 1. The second-order valence-corrected chi connectivity index (χ2v) is 7.78. The number of nitrogens with zero attached hydrogens (tertiary/aromatic N) is 3. The maximum atomic E-state index is 13.2. The fourth-order valence-corrected chi connectivity index (χ4v) is 3.85. The first-order valence-corrected chi connectivity index (χ1v) is 10.1. The number of nitrogens with one attached hydrogen (secondary N) is 2. The lowest BCUT2D eigenvalue weighted by molar-refractivity contribution is -0.883. The van der Waals surface area contributed by atoms with E-state index in [1.54, 1.807) is 16.9 Å². The summed E-state index contributed by atoms with van der Waals surface area (Å²) in [5, 5.41) is 9.16. The first-order chi connectivity index (χ1) is 13.6. The molecule has 2 N–H and O–H groups in total. The van der Waals surface area contributed by atoms with Gasteiger partial charge in [0.1, 0.15) is 11.4 Å². The Morgan fingerprint density at radius 2 is 1.86 bits per heavy atom. The molecule has 4 rings (SSSR count). The van der Waals surface area contributed by atoms with Gasteiger partial charge in [-0.3, -0.25) is 9.59 Å². The van der Waals surface area contributed by atoms with Crippen molar-refractivity contribution in [3.8, 4) is 5.69 Å². The van der Waals surface area contributed by atoms with E-state index in [4.69, 9.17) is 0 Å². The number of thiophene rings is 1. The minimum Gasteiger partial charge on any atom is -0.334 e. The van der Waals surface area contributed by atoms with Crippen molar-refractivity contribution < 1.29 is 14.5 Å². The summed E-state index contributed by atoms with van der Waals surface area (Å²) in [6.45, 7) is 3.21. The summed E-state index contributed by atoms with van der Waals surface area (Å²) in [4.78, 5) is 29.7. The summed E-state index contributed by atoms with van der Waals surface area (Å²) < 4.78 is 1.61. The minimum atomic E-state index is -0.246. The second kappa shape index (κ2) is 7.95. The van der Waals surface area contributed by atoms with Crippen molar-refractivity contribution in [3.05, 3.63) is 64.5 Å². The summed E-state index contributed by atoms with van der Waals surface area (Å²) in [6.07, 6.45) is 1.55. The number of para-hydroxylation sites is 1. The van der Waals surface area contributed by atoms with Crippen LogP contribution in [0, 0.1) is 0 Å². The highest BCUT2D eigenvalue weighted by molar-refractivity contribution is 7.12. The first-order valence-electron chi connectivity index (χ1n) is 9.22. The molecule has 2 amide bonds. The number of carbonyl (C=O) groups is 2. The van der Waals surface area contributed by atoms with Crippen molar-refractivity contribution >= 4 is 29.0 Å². The number of amides is 2. The number of anilines is 1. The van der Waals surface area contributed by atoms with E-state index in [-0.39, 0.29) is 11.8 Å². The summed E-state index contributed by atoms with van der Waals surface area (Å²) in [5.74, 6) is 0.0570. The van der Waals surface area contributed by atoms with Gasteiger partial charge in [0.25, 0.3) is 11.8 Å². The molecule has 0 radical (unpaired) electrons. The predicted octanol–water partition coefficient (Wildman–Crippen LogP) is 1.16. The van der Waals surface area contributed by atoms with E-state index in [0.29, 0.717) is 29.3 Å². The molecule has 7 nitrogen and oxygen atoms in total. The van der Waals surface area contributed by atoms with Gasteiger partial charge in [-0.25, -0.2) is 4.68 Å². The van der Waals surface area contributed by atoms with Crippen LogP contribution in [0.1, 0.15) is 20.0 Å². The van der Waals surface area contributed by atoms with Gasteiger partial charge in [-0.2, -0.15) is 5.10 Å². The van der Waals surface area contributed by atoms with Crippen LogP contribution in [0.3, 0.4) is 0 Å². The van der Waals surface area contributed by atoms with Crippen LogP contribution >= 0.6 is 11.3 Å². The molecule has 144 valence electrons. The Morgan fingerprint density at radius 3 is 2.54 bits per heavy atom. The van der Waals surface area contributed by atoms with Crippen LogP contribution in [-0.4, -0.2) is 59.7 Å². The zero-order chi connectivity index (χ0) is 19.5. The number of benzene rings is 1. The van der Waals surface area contributed by atoms with Gasteiger partial charge in [0, 0.05) is 0 Å². The summed E-state index contributed by atoms with van der Waals surface area (Å²) >= 11 is 1.36. The molecule has 3 aromatic rings. The molecule has 3 heterocycles. The van der Waals surface area contributed by atoms with E-state index in [0.717, 1.165) is 18.8 Å². The number of hydrogen-bond donors (Lipinski definition) is 2.